The van der Waals surface area contributed by atoms with Crippen LogP contribution in [0.2, 0.25) is 0 Å². The monoisotopic (exact) mass is 318 g/mol. The van der Waals surface area contributed by atoms with E-state index in [-0.39, 0.29) is 37.2 Å². The molecule has 0 radical (unpaired) electrons. The Kier molecular flexibility index (Phi) is 5.29. The molecule has 5 N–H and O–H groups in total. The number of nitrogens with one attached hydrogen (secondary N) is 2. The van der Waals surface area contributed by atoms with Gasteiger partial charge in [0.2, 0.25) is 5.91 Å². The second kappa shape index (κ2) is 7.39. The molecule has 0 aromatic heterocycles. The van der Waals surface area contributed by atoms with Gasteiger partial charge in [-0.3, -0.25) is 15.0 Å². The highest BCUT2D eigenvalue weighted by Crippen LogP contribution is 2.19. The van der Waals surface area contributed by atoms with Crippen LogP contribution < -0.4 is 11.1 Å². The predicted octanol–water partition coefficient (Wildman–Crippen LogP) is 0.445. The highest BCUT2D eigenvalue weighted by atomic mass is 16.6. The Morgan fingerprint density at radius 1 is 1.39 bits per heavy atom. The van der Waals surface area contributed by atoms with E-state index in [1.54, 1.807) is 24.3 Å². The molecule has 8 heteroatoms. The first kappa shape index (κ1) is 16.5. The second-order valence-corrected chi connectivity index (χ2v) is 5.16. The predicted molar refractivity (Wildman–Crippen MR) is 83.4 cm³/mol. The van der Waals surface area contributed by atoms with Crippen LogP contribution in [0.15, 0.2) is 29.4 Å². The number of amides is 1. The van der Waals surface area contributed by atoms with Crippen LogP contribution in [0, 0.1) is 5.41 Å². The molecule has 1 atom stereocenters. The molecule has 1 amide bonds. The minimum Gasteiger partial charge on any atom is -0.481 e. The third-order valence-electron chi connectivity index (χ3n) is 3.34. The van der Waals surface area contributed by atoms with Gasteiger partial charge in [-0.2, -0.15) is 0 Å². The zero-order valence-corrected chi connectivity index (χ0v) is 12.4. The number of carboxylic acids is 1. The number of rotatable bonds is 7. The summed E-state index contributed by atoms with van der Waals surface area (Å²) in [7, 11) is 0. The number of oxime groups is 1. The third-order valence-corrected chi connectivity index (χ3v) is 3.34. The summed E-state index contributed by atoms with van der Waals surface area (Å²) in [5, 5.41) is 22.4. The van der Waals surface area contributed by atoms with Crippen molar-refractivity contribution in [1.29, 1.82) is 5.41 Å². The van der Waals surface area contributed by atoms with Gasteiger partial charge in [0, 0.05) is 18.5 Å². The lowest BCUT2D eigenvalue weighted by Crippen LogP contribution is -2.29. The first-order valence-electron chi connectivity index (χ1n) is 7.11. The van der Waals surface area contributed by atoms with E-state index >= 15 is 0 Å². The number of nitrogens with two attached hydrogens (primary N) is 1. The molecule has 1 aliphatic heterocycles. The lowest BCUT2D eigenvalue weighted by molar-refractivity contribution is -0.136. The number of nitrogen functional groups attached to an aromatic ring is 1. The van der Waals surface area contributed by atoms with Crippen molar-refractivity contribution in [2.75, 3.05) is 6.54 Å². The molecular formula is C15H18N4O4. The molecule has 0 aliphatic carbocycles. The van der Waals surface area contributed by atoms with Crippen molar-refractivity contribution in [3.63, 3.8) is 0 Å². The zero-order valence-electron chi connectivity index (χ0n) is 12.4. The van der Waals surface area contributed by atoms with Crippen molar-refractivity contribution >= 4 is 23.4 Å². The van der Waals surface area contributed by atoms with Crippen LogP contribution in [0.3, 0.4) is 0 Å². The van der Waals surface area contributed by atoms with E-state index in [2.05, 4.69) is 10.5 Å². The normalized spacial score (nSPS) is 16.3. The minimum atomic E-state index is -0.956. The Balaban J connectivity index is 1.82. The fourth-order valence-corrected chi connectivity index (χ4v) is 2.14. The molecule has 2 rings (SSSR count). The van der Waals surface area contributed by atoms with Crippen LogP contribution in [0.25, 0.3) is 0 Å². The first-order valence-corrected chi connectivity index (χ1v) is 7.11. The van der Waals surface area contributed by atoms with Crippen LogP contribution in [0.5, 0.6) is 0 Å². The molecule has 0 saturated carbocycles. The molecule has 1 aliphatic rings. The molecule has 0 saturated heterocycles. The van der Waals surface area contributed by atoms with Crippen LogP contribution in [0.4, 0.5) is 0 Å². The van der Waals surface area contributed by atoms with Crippen LogP contribution in [-0.2, 0) is 14.4 Å². The van der Waals surface area contributed by atoms with Gasteiger partial charge in [0.15, 0.2) is 0 Å². The summed E-state index contributed by atoms with van der Waals surface area (Å²) >= 11 is 0. The van der Waals surface area contributed by atoms with E-state index in [0.717, 1.165) is 11.3 Å². The molecule has 0 fully saturated rings. The Labute approximate surface area is 132 Å². The SMILES string of the molecule is N=C(N)c1ccc(C2=NO[C@@H](CC(=O)NCCC(=O)O)C2)cc1. The third kappa shape index (κ3) is 4.80. The Bertz CT molecular complexity index is 639. The number of aliphatic carboxylic acids is 1. The number of nitrogens with zero attached hydrogens (tertiary/aromatic N) is 1. The Hall–Kier alpha value is -2.90. The highest BCUT2D eigenvalue weighted by molar-refractivity contribution is 6.02. The van der Waals surface area contributed by atoms with E-state index in [9.17, 15) is 9.59 Å². The summed E-state index contributed by atoms with van der Waals surface area (Å²) < 4.78 is 0. The topological polar surface area (TPSA) is 138 Å². The molecule has 8 nitrogen and oxygen atoms in total. The summed E-state index contributed by atoms with van der Waals surface area (Å²) in [4.78, 5) is 27.3. The van der Waals surface area contributed by atoms with Gasteiger partial charge in [0.05, 0.1) is 18.6 Å². The van der Waals surface area contributed by atoms with Crippen molar-refractivity contribution in [2.45, 2.75) is 25.4 Å². The van der Waals surface area contributed by atoms with Crippen molar-refractivity contribution in [3.8, 4) is 0 Å². The van der Waals surface area contributed by atoms with Crippen molar-refractivity contribution in [2.24, 2.45) is 10.9 Å². The van der Waals surface area contributed by atoms with Crippen molar-refractivity contribution in [1.82, 2.24) is 5.32 Å². The Morgan fingerprint density at radius 3 is 2.70 bits per heavy atom. The second-order valence-electron chi connectivity index (χ2n) is 5.16. The maximum atomic E-state index is 11.7. The number of carbonyl (C=O) groups is 2. The summed E-state index contributed by atoms with van der Waals surface area (Å²) in [5.41, 5.74) is 7.60. The van der Waals surface area contributed by atoms with Gasteiger partial charge in [0.1, 0.15) is 11.9 Å². The highest BCUT2D eigenvalue weighted by Gasteiger charge is 2.24. The minimum absolute atomic E-state index is 0.00271. The zero-order chi connectivity index (χ0) is 16.8. The van der Waals surface area contributed by atoms with Crippen LogP contribution in [-0.4, -0.2) is 41.2 Å². The fraction of sp³-hybridized carbons (Fsp3) is 0.333. The average molecular weight is 318 g/mol. The smallest absolute Gasteiger partial charge is 0.305 e. The summed E-state index contributed by atoms with van der Waals surface area (Å²) in [6, 6.07) is 7.06. The van der Waals surface area contributed by atoms with Gasteiger partial charge in [-0.05, 0) is 5.56 Å². The van der Waals surface area contributed by atoms with Gasteiger partial charge in [-0.15, -0.1) is 0 Å². The van der Waals surface area contributed by atoms with Gasteiger partial charge in [-0.1, -0.05) is 29.4 Å². The molecule has 23 heavy (non-hydrogen) atoms. The standard InChI is InChI=1S/C15H18N4O4/c16-15(17)10-3-1-9(2-4-10)12-7-11(23-19-12)8-13(20)18-6-5-14(21)22/h1-4,11H,5-8H2,(H3,16,17)(H,18,20)(H,21,22)/t11-/m1/s1. The lowest BCUT2D eigenvalue weighted by Gasteiger charge is -2.08. The fourth-order valence-electron chi connectivity index (χ4n) is 2.14. The number of hydrogen-bond acceptors (Lipinski definition) is 5. The maximum absolute atomic E-state index is 11.7. The molecule has 0 bridgehead atoms. The maximum Gasteiger partial charge on any atom is 0.305 e. The van der Waals surface area contributed by atoms with Gasteiger partial charge in [0.25, 0.3) is 0 Å². The number of carbonyl (C=O) groups excluding carboxylic acids is 1. The molecule has 1 heterocycles. The van der Waals surface area contributed by atoms with Gasteiger partial charge < -0.3 is 21.0 Å². The van der Waals surface area contributed by atoms with Gasteiger partial charge in [-0.25, -0.2) is 0 Å². The molecule has 122 valence electrons. The summed E-state index contributed by atoms with van der Waals surface area (Å²) in [5.74, 6) is -1.22. The number of hydrogen-bond donors (Lipinski definition) is 4. The molecule has 1 aromatic carbocycles. The Morgan fingerprint density at radius 2 is 2.09 bits per heavy atom. The quantitative estimate of drug-likeness (QED) is 0.427. The number of amidine groups is 1. The number of carboxylic acid groups (broad SMARTS) is 1. The van der Waals surface area contributed by atoms with Crippen molar-refractivity contribution < 1.29 is 19.5 Å². The van der Waals surface area contributed by atoms with Crippen LogP contribution in [0.1, 0.15) is 30.4 Å². The molecule has 1 aromatic rings. The van der Waals surface area contributed by atoms with Crippen molar-refractivity contribution in [3.05, 3.63) is 35.4 Å². The van der Waals surface area contributed by atoms with E-state index in [1.165, 1.54) is 0 Å². The van der Waals surface area contributed by atoms with E-state index in [1.807, 2.05) is 0 Å². The largest absolute Gasteiger partial charge is 0.481 e. The van der Waals surface area contributed by atoms with Gasteiger partial charge >= 0.3 is 5.97 Å². The first-order chi connectivity index (χ1) is 11.0. The van der Waals surface area contributed by atoms with E-state index < -0.39 is 5.97 Å². The molecule has 0 unspecified atom stereocenters. The number of benzene rings is 1. The lowest BCUT2D eigenvalue weighted by atomic mass is 10.0. The summed E-state index contributed by atoms with van der Waals surface area (Å²) in [6.45, 7) is 0.0983. The molecule has 0 spiro atoms. The molecular weight excluding hydrogens is 300 g/mol. The average Bonchev–Trinajstić information content (AvgIpc) is 2.95. The van der Waals surface area contributed by atoms with E-state index in [4.69, 9.17) is 21.1 Å². The van der Waals surface area contributed by atoms with Crippen LogP contribution >= 0.6 is 0 Å². The van der Waals surface area contributed by atoms with E-state index in [0.29, 0.717) is 12.0 Å². The summed E-state index contributed by atoms with van der Waals surface area (Å²) in [6.07, 6.45) is 0.146.